The van der Waals surface area contributed by atoms with E-state index in [4.69, 9.17) is 20.8 Å². The number of nitriles is 1. The summed E-state index contributed by atoms with van der Waals surface area (Å²) >= 11 is 0. The molecule has 2 atom stereocenters. The van der Waals surface area contributed by atoms with E-state index in [1.165, 1.54) is 23.7 Å². The normalized spacial score (nSPS) is 17.9. The van der Waals surface area contributed by atoms with Crippen LogP contribution in [0.4, 0.5) is 11.4 Å². The molecule has 2 aromatic carbocycles. The van der Waals surface area contributed by atoms with Crippen LogP contribution in [0.25, 0.3) is 0 Å². The fourth-order valence-electron chi connectivity index (χ4n) is 3.67. The summed E-state index contributed by atoms with van der Waals surface area (Å²) in [6, 6.07) is 13.8. The quantitative estimate of drug-likeness (QED) is 0.478. The maximum Gasteiger partial charge on any atom is 0.181 e. The maximum absolute atomic E-state index is 9.13. The van der Waals surface area contributed by atoms with Gasteiger partial charge in [-0.15, -0.1) is 0 Å². The maximum atomic E-state index is 9.13. The molecule has 1 heterocycles. The van der Waals surface area contributed by atoms with E-state index in [0.29, 0.717) is 28.5 Å². The molecule has 0 spiro atoms. The molecule has 0 aliphatic heterocycles. The molecule has 1 aliphatic carbocycles. The summed E-state index contributed by atoms with van der Waals surface area (Å²) in [5, 5.41) is 21.0. The molecule has 0 fully saturated rings. The second kappa shape index (κ2) is 6.61. The van der Waals surface area contributed by atoms with Crippen LogP contribution in [0.5, 0.6) is 0 Å². The van der Waals surface area contributed by atoms with E-state index in [-0.39, 0.29) is 11.8 Å². The molecule has 1 aromatic heterocycles. The molecular formula is C21H19N5O. The Hall–Kier alpha value is -3.59. The molecule has 0 radical (unpaired) electrons. The van der Waals surface area contributed by atoms with Gasteiger partial charge in [-0.25, -0.2) is 4.98 Å². The third kappa shape index (κ3) is 3.04. The van der Waals surface area contributed by atoms with E-state index in [9.17, 15) is 0 Å². The minimum Gasteiger partial charge on any atom is -0.442 e. The Morgan fingerprint density at radius 3 is 2.89 bits per heavy atom. The van der Waals surface area contributed by atoms with Gasteiger partial charge in [-0.1, -0.05) is 13.0 Å². The van der Waals surface area contributed by atoms with Crippen LogP contribution in [0.2, 0.25) is 0 Å². The van der Waals surface area contributed by atoms with Crippen LogP contribution in [0, 0.1) is 16.7 Å². The van der Waals surface area contributed by atoms with Crippen molar-refractivity contribution in [2.75, 3.05) is 11.1 Å². The van der Waals surface area contributed by atoms with Crippen LogP contribution in [0.15, 0.2) is 53.4 Å². The highest BCUT2D eigenvalue weighted by atomic mass is 16.3. The number of aromatic nitrogens is 1. The fourth-order valence-corrected chi connectivity index (χ4v) is 3.67. The largest absolute Gasteiger partial charge is 0.442 e. The molecule has 0 bridgehead atoms. The van der Waals surface area contributed by atoms with Crippen molar-refractivity contribution in [3.05, 3.63) is 77.0 Å². The van der Waals surface area contributed by atoms with Crippen LogP contribution in [0.1, 0.15) is 53.3 Å². The van der Waals surface area contributed by atoms with Gasteiger partial charge in [-0.2, -0.15) is 5.26 Å². The van der Waals surface area contributed by atoms with Gasteiger partial charge in [0, 0.05) is 16.9 Å². The van der Waals surface area contributed by atoms with Gasteiger partial charge in [-0.05, 0) is 53.8 Å². The Kier molecular flexibility index (Phi) is 4.13. The number of nitrogen functional groups attached to an aromatic ring is 1. The number of nitrogens with one attached hydrogen (secondary N) is 2. The fraction of sp³-hybridized carbons (Fsp3) is 0.190. The van der Waals surface area contributed by atoms with Gasteiger partial charge in [0.1, 0.15) is 5.71 Å². The summed E-state index contributed by atoms with van der Waals surface area (Å²) < 4.78 is 5.22. The smallest absolute Gasteiger partial charge is 0.181 e. The lowest BCUT2D eigenvalue weighted by Crippen LogP contribution is -2.10. The molecular weight excluding hydrogens is 338 g/mol. The second-order valence-corrected chi connectivity index (χ2v) is 6.83. The molecule has 6 heteroatoms. The number of oxazole rings is 1. The lowest BCUT2D eigenvalue weighted by molar-refractivity contribution is 0.548. The van der Waals surface area contributed by atoms with E-state index in [2.05, 4.69) is 23.3 Å². The first-order chi connectivity index (χ1) is 13.1. The summed E-state index contributed by atoms with van der Waals surface area (Å²) in [5.41, 5.74) is 11.4. The third-order valence-corrected chi connectivity index (χ3v) is 5.05. The molecule has 0 amide bonds. The zero-order valence-corrected chi connectivity index (χ0v) is 14.9. The molecule has 6 nitrogen and oxygen atoms in total. The van der Waals surface area contributed by atoms with E-state index < -0.39 is 0 Å². The Balaban J connectivity index is 1.62. The number of nitrogens with two attached hydrogens (primary N) is 1. The molecule has 134 valence electrons. The van der Waals surface area contributed by atoms with Crippen molar-refractivity contribution in [2.24, 2.45) is 0 Å². The number of fused-ring (bicyclic) bond motifs is 1. The first-order valence-electron chi connectivity index (χ1n) is 8.74. The number of nitrogens with zero attached hydrogens (tertiary/aromatic N) is 2. The average Bonchev–Trinajstić information content (AvgIpc) is 3.31. The van der Waals surface area contributed by atoms with Crippen LogP contribution < -0.4 is 11.1 Å². The monoisotopic (exact) mass is 357 g/mol. The van der Waals surface area contributed by atoms with Crippen molar-refractivity contribution in [1.29, 1.82) is 10.7 Å². The topological polar surface area (TPSA) is 112 Å². The highest BCUT2D eigenvalue weighted by Crippen LogP contribution is 2.42. The zero-order valence-electron chi connectivity index (χ0n) is 14.9. The van der Waals surface area contributed by atoms with Crippen molar-refractivity contribution >= 4 is 17.1 Å². The van der Waals surface area contributed by atoms with E-state index >= 15 is 0 Å². The van der Waals surface area contributed by atoms with Crippen molar-refractivity contribution in [2.45, 2.75) is 25.3 Å². The minimum atomic E-state index is 0.152. The molecule has 2 unspecified atom stereocenters. The molecule has 1 aliphatic rings. The summed E-state index contributed by atoms with van der Waals surface area (Å²) in [6.45, 7) is 2.18. The van der Waals surface area contributed by atoms with Gasteiger partial charge in [0.05, 0.1) is 23.9 Å². The molecule has 4 rings (SSSR count). The first kappa shape index (κ1) is 16.9. The summed E-state index contributed by atoms with van der Waals surface area (Å²) in [4.78, 5) is 3.86. The van der Waals surface area contributed by atoms with Gasteiger partial charge < -0.3 is 15.5 Å². The second-order valence-electron chi connectivity index (χ2n) is 6.83. The van der Waals surface area contributed by atoms with E-state index in [1.54, 1.807) is 6.07 Å². The van der Waals surface area contributed by atoms with Crippen molar-refractivity contribution in [3.8, 4) is 6.07 Å². The average molecular weight is 357 g/mol. The molecule has 4 N–H and O–H groups in total. The number of anilines is 2. The molecule has 0 saturated carbocycles. The van der Waals surface area contributed by atoms with Crippen molar-refractivity contribution in [3.63, 3.8) is 0 Å². The van der Waals surface area contributed by atoms with Gasteiger partial charge >= 0.3 is 0 Å². The first-order valence-corrected chi connectivity index (χ1v) is 8.74. The van der Waals surface area contributed by atoms with Crippen LogP contribution in [0.3, 0.4) is 0 Å². The predicted octanol–water partition coefficient (Wildman–Crippen LogP) is 4.21. The van der Waals surface area contributed by atoms with Gasteiger partial charge in [-0.3, -0.25) is 5.41 Å². The summed E-state index contributed by atoms with van der Waals surface area (Å²) in [6.07, 6.45) is 3.75. The van der Waals surface area contributed by atoms with Gasteiger partial charge in [0.15, 0.2) is 12.2 Å². The molecule has 27 heavy (non-hydrogen) atoms. The van der Waals surface area contributed by atoms with Crippen LogP contribution >= 0.6 is 0 Å². The van der Waals surface area contributed by atoms with Crippen LogP contribution in [-0.2, 0) is 0 Å². The van der Waals surface area contributed by atoms with E-state index in [1.807, 2.05) is 30.3 Å². The highest BCUT2D eigenvalue weighted by Gasteiger charge is 2.28. The SMILES string of the molecule is CC1CC(Nc2ccc(N)c(C(=N)c3cnco3)c2)c2ccc(C#N)cc21. The zero-order chi connectivity index (χ0) is 19.0. The number of rotatable bonds is 4. The highest BCUT2D eigenvalue weighted by molar-refractivity contribution is 6.12. The Morgan fingerprint density at radius 1 is 1.30 bits per heavy atom. The molecule has 3 aromatic rings. The number of benzene rings is 2. The Bertz CT molecular complexity index is 1050. The van der Waals surface area contributed by atoms with Gasteiger partial charge in [0.25, 0.3) is 0 Å². The predicted molar refractivity (Wildman–Crippen MR) is 104 cm³/mol. The van der Waals surface area contributed by atoms with Crippen molar-refractivity contribution < 1.29 is 4.42 Å². The van der Waals surface area contributed by atoms with E-state index in [0.717, 1.165) is 12.1 Å². The number of hydrogen-bond acceptors (Lipinski definition) is 6. The summed E-state index contributed by atoms with van der Waals surface area (Å²) in [5.74, 6) is 0.759. The Morgan fingerprint density at radius 2 is 2.15 bits per heavy atom. The lowest BCUT2D eigenvalue weighted by atomic mass is 10.0. The minimum absolute atomic E-state index is 0.152. The molecule has 0 saturated heterocycles. The summed E-state index contributed by atoms with van der Waals surface area (Å²) in [7, 11) is 0. The van der Waals surface area contributed by atoms with Crippen LogP contribution in [-0.4, -0.2) is 10.7 Å². The van der Waals surface area contributed by atoms with Crippen molar-refractivity contribution in [1.82, 2.24) is 4.98 Å². The number of hydrogen-bond donors (Lipinski definition) is 3. The standard InChI is InChI=1S/C21H19N5O/c1-12-6-19(15-4-2-13(9-22)7-16(12)15)26-14-3-5-18(23)17(8-14)21(24)20-10-25-11-27-20/h2-5,7-8,10-12,19,24,26H,6,23H2,1H3. The van der Waals surface area contributed by atoms with Gasteiger partial charge in [0.2, 0.25) is 0 Å². The Labute approximate surface area is 157 Å². The third-order valence-electron chi connectivity index (χ3n) is 5.05. The lowest BCUT2D eigenvalue weighted by Gasteiger charge is -2.17.